The number of hydrogen-bond acceptors (Lipinski definition) is 2. The van der Waals surface area contributed by atoms with Crippen LogP contribution in [-0.4, -0.2) is 18.2 Å². The lowest BCUT2D eigenvalue weighted by Crippen LogP contribution is -2.38. The Kier molecular flexibility index (Phi) is 5.90. The van der Waals surface area contributed by atoms with Crippen LogP contribution in [0.5, 0.6) is 5.75 Å². The molecule has 4 heteroatoms. The molecule has 2 amide bonds. The van der Waals surface area contributed by atoms with E-state index in [0.29, 0.717) is 6.04 Å². The Bertz CT molecular complexity index is 439. The molecule has 21 heavy (non-hydrogen) atoms. The second kappa shape index (κ2) is 7.91. The molecule has 0 radical (unpaired) electrons. The predicted octanol–water partition coefficient (Wildman–Crippen LogP) is 4.32. The largest absolute Gasteiger partial charge is 0.491 e. The van der Waals surface area contributed by atoms with Crippen LogP contribution in [0.25, 0.3) is 0 Å². The molecule has 0 unspecified atom stereocenters. The van der Waals surface area contributed by atoms with Gasteiger partial charge in [-0.25, -0.2) is 4.79 Å². The topological polar surface area (TPSA) is 50.4 Å². The molecule has 4 nitrogen and oxygen atoms in total. The van der Waals surface area contributed by atoms with Crippen LogP contribution in [0, 0.1) is 0 Å². The zero-order valence-corrected chi connectivity index (χ0v) is 13.0. The molecule has 116 valence electrons. The fraction of sp³-hybridized carbons (Fsp3) is 0.588. The van der Waals surface area contributed by atoms with Gasteiger partial charge in [-0.15, -0.1) is 0 Å². The normalized spacial score (nSPS) is 17.0. The van der Waals surface area contributed by atoms with Crippen molar-refractivity contribution in [2.75, 3.05) is 5.32 Å². The first kappa shape index (κ1) is 15.7. The average molecular weight is 290 g/mol. The van der Waals surface area contributed by atoms with Gasteiger partial charge in [-0.1, -0.05) is 26.2 Å². The summed E-state index contributed by atoms with van der Waals surface area (Å²) in [4.78, 5) is 11.9. The van der Waals surface area contributed by atoms with Gasteiger partial charge in [-0.2, -0.15) is 0 Å². The summed E-state index contributed by atoms with van der Waals surface area (Å²) >= 11 is 0. The highest BCUT2D eigenvalue weighted by Crippen LogP contribution is 2.19. The number of rotatable bonds is 5. The number of anilines is 1. The summed E-state index contributed by atoms with van der Waals surface area (Å²) in [5.41, 5.74) is 0.791. The maximum Gasteiger partial charge on any atom is 0.319 e. The van der Waals surface area contributed by atoms with E-state index in [4.69, 9.17) is 4.74 Å². The van der Waals surface area contributed by atoms with Crippen LogP contribution in [0.4, 0.5) is 10.5 Å². The molecule has 0 saturated heterocycles. The number of benzene rings is 1. The van der Waals surface area contributed by atoms with Gasteiger partial charge >= 0.3 is 6.03 Å². The molecular formula is C17H26N2O2. The summed E-state index contributed by atoms with van der Waals surface area (Å²) in [6.07, 6.45) is 7.09. The molecule has 1 aliphatic carbocycles. The molecule has 2 rings (SSSR count). The van der Waals surface area contributed by atoms with Crippen LogP contribution in [0.2, 0.25) is 0 Å². The third kappa shape index (κ3) is 5.29. The number of carbonyl (C=O) groups is 1. The van der Waals surface area contributed by atoms with Gasteiger partial charge in [0.25, 0.3) is 0 Å². The number of carbonyl (C=O) groups excluding carboxylic acids is 1. The van der Waals surface area contributed by atoms with Crippen molar-refractivity contribution in [3.8, 4) is 5.75 Å². The second-order valence-electron chi connectivity index (χ2n) is 5.79. The van der Waals surface area contributed by atoms with E-state index in [1.54, 1.807) is 0 Å². The van der Waals surface area contributed by atoms with E-state index >= 15 is 0 Å². The Morgan fingerprint density at radius 1 is 1.24 bits per heavy atom. The Balaban J connectivity index is 1.80. The van der Waals surface area contributed by atoms with Gasteiger partial charge < -0.3 is 15.4 Å². The third-order valence-electron chi connectivity index (χ3n) is 3.96. The van der Waals surface area contributed by atoms with Crippen LogP contribution in [0.1, 0.15) is 52.4 Å². The first-order valence-electron chi connectivity index (χ1n) is 8.01. The molecule has 1 fully saturated rings. The maximum absolute atomic E-state index is 11.9. The van der Waals surface area contributed by atoms with Gasteiger partial charge in [-0.05, 0) is 50.5 Å². The summed E-state index contributed by atoms with van der Waals surface area (Å²) in [5, 5.41) is 5.92. The highest BCUT2D eigenvalue weighted by atomic mass is 16.5. The number of amides is 2. The van der Waals surface area contributed by atoms with Crippen molar-refractivity contribution in [2.45, 2.75) is 64.5 Å². The first-order chi connectivity index (χ1) is 10.2. The van der Waals surface area contributed by atoms with Gasteiger partial charge in [0, 0.05) is 11.7 Å². The zero-order chi connectivity index (χ0) is 15.1. The first-order valence-corrected chi connectivity index (χ1v) is 8.01. The van der Waals surface area contributed by atoms with E-state index in [-0.39, 0.29) is 12.1 Å². The highest BCUT2D eigenvalue weighted by molar-refractivity contribution is 5.89. The maximum atomic E-state index is 11.9. The van der Waals surface area contributed by atoms with Crippen LogP contribution >= 0.6 is 0 Å². The van der Waals surface area contributed by atoms with Crippen LogP contribution in [0.3, 0.4) is 0 Å². The average Bonchev–Trinajstić information content (AvgIpc) is 2.50. The lowest BCUT2D eigenvalue weighted by Gasteiger charge is -2.22. The fourth-order valence-corrected chi connectivity index (χ4v) is 2.53. The molecule has 1 saturated carbocycles. The Morgan fingerprint density at radius 2 is 1.90 bits per heavy atom. The van der Waals surface area contributed by atoms with Crippen LogP contribution in [-0.2, 0) is 0 Å². The molecule has 1 aromatic carbocycles. The van der Waals surface area contributed by atoms with E-state index < -0.39 is 0 Å². The minimum absolute atomic E-state index is 0.113. The molecule has 1 aromatic rings. The van der Waals surface area contributed by atoms with Crippen molar-refractivity contribution in [2.24, 2.45) is 0 Å². The number of nitrogens with one attached hydrogen (secondary N) is 2. The Morgan fingerprint density at radius 3 is 2.52 bits per heavy atom. The molecule has 1 atom stereocenters. The van der Waals surface area contributed by atoms with E-state index in [2.05, 4.69) is 17.6 Å². The van der Waals surface area contributed by atoms with E-state index in [1.807, 2.05) is 31.2 Å². The Hall–Kier alpha value is -1.71. The Labute approximate surface area is 127 Å². The van der Waals surface area contributed by atoms with Crippen molar-refractivity contribution < 1.29 is 9.53 Å². The summed E-state index contributed by atoms with van der Waals surface area (Å²) in [5.74, 6) is 0.836. The predicted molar refractivity (Wildman–Crippen MR) is 85.9 cm³/mol. The smallest absolute Gasteiger partial charge is 0.319 e. The monoisotopic (exact) mass is 290 g/mol. The van der Waals surface area contributed by atoms with Crippen molar-refractivity contribution >= 4 is 11.7 Å². The van der Waals surface area contributed by atoms with Gasteiger partial charge in [0.05, 0.1) is 6.10 Å². The van der Waals surface area contributed by atoms with Crippen molar-refractivity contribution in [1.29, 1.82) is 0 Å². The van der Waals surface area contributed by atoms with Gasteiger partial charge in [0.1, 0.15) is 5.75 Å². The van der Waals surface area contributed by atoms with Crippen molar-refractivity contribution in [1.82, 2.24) is 5.32 Å². The highest BCUT2D eigenvalue weighted by Gasteiger charge is 2.15. The molecular weight excluding hydrogens is 264 g/mol. The van der Waals surface area contributed by atoms with Crippen molar-refractivity contribution in [3.05, 3.63) is 24.3 Å². The van der Waals surface area contributed by atoms with Gasteiger partial charge in [0.15, 0.2) is 0 Å². The summed E-state index contributed by atoms with van der Waals surface area (Å²) in [6, 6.07) is 7.74. The lowest BCUT2D eigenvalue weighted by molar-refractivity contribution is 0.217. The molecule has 1 aliphatic rings. The summed E-state index contributed by atoms with van der Waals surface area (Å²) < 4.78 is 5.72. The van der Waals surface area contributed by atoms with E-state index in [1.165, 1.54) is 19.3 Å². The van der Waals surface area contributed by atoms with E-state index in [0.717, 1.165) is 30.7 Å². The van der Waals surface area contributed by atoms with Gasteiger partial charge in [0.2, 0.25) is 0 Å². The van der Waals surface area contributed by atoms with Crippen LogP contribution in [0.15, 0.2) is 24.3 Å². The molecule has 0 aromatic heterocycles. The molecule has 2 N–H and O–H groups in total. The third-order valence-corrected chi connectivity index (χ3v) is 3.96. The van der Waals surface area contributed by atoms with Crippen molar-refractivity contribution in [3.63, 3.8) is 0 Å². The summed E-state index contributed by atoms with van der Waals surface area (Å²) in [7, 11) is 0. The molecule has 0 aliphatic heterocycles. The number of hydrogen-bond donors (Lipinski definition) is 2. The molecule has 0 spiro atoms. The second-order valence-corrected chi connectivity index (χ2v) is 5.79. The van der Waals surface area contributed by atoms with E-state index in [9.17, 15) is 4.79 Å². The standard InChI is InChI=1S/C17H26N2O2/c1-3-13(2)21-16-11-9-15(10-12-16)19-17(20)18-14-7-5-4-6-8-14/h9-14H,3-8H2,1-2H3,(H2,18,19,20)/t13-/m0/s1. The fourth-order valence-electron chi connectivity index (χ4n) is 2.53. The SMILES string of the molecule is CC[C@H](C)Oc1ccc(NC(=O)NC2CCCCC2)cc1. The number of urea groups is 1. The minimum Gasteiger partial charge on any atom is -0.491 e. The minimum atomic E-state index is -0.113. The van der Waals surface area contributed by atoms with Crippen LogP contribution < -0.4 is 15.4 Å². The lowest BCUT2D eigenvalue weighted by atomic mass is 9.96. The zero-order valence-electron chi connectivity index (χ0n) is 13.0. The quantitative estimate of drug-likeness (QED) is 0.848. The molecule has 0 heterocycles. The molecule has 0 bridgehead atoms. The summed E-state index contributed by atoms with van der Waals surface area (Å²) in [6.45, 7) is 4.14. The van der Waals surface area contributed by atoms with Gasteiger partial charge in [-0.3, -0.25) is 0 Å². The number of ether oxygens (including phenoxy) is 1.